The molecule has 1 fully saturated rings. The summed E-state index contributed by atoms with van der Waals surface area (Å²) in [5.74, 6) is 0.285. The molecule has 2 N–H and O–H groups in total. The number of carboxylic acid groups (broad SMARTS) is 1. The Balaban J connectivity index is 1.61. The van der Waals surface area contributed by atoms with Crippen LogP contribution in [0, 0.1) is 5.92 Å². The van der Waals surface area contributed by atoms with Gasteiger partial charge in [-0.1, -0.05) is 6.92 Å². The van der Waals surface area contributed by atoms with E-state index in [2.05, 4.69) is 21.3 Å². The number of benzene rings is 1. The standard InChI is InChI=1S/C23H27N3O4/c1-13(8-14(2)25-23(28)29)22(27)30-21-10-20-19(9-18(21)15-4-5-15)17-6-7-24-11-16(17)12-26(20)3/h6-7,9-11,13-15,25H,4-5,8,12H2,1-3H3,(H,28,29). The van der Waals surface area contributed by atoms with Crippen LogP contribution in [0.1, 0.15) is 50.2 Å². The second kappa shape index (κ2) is 7.97. The van der Waals surface area contributed by atoms with Crippen molar-refractivity contribution in [3.63, 3.8) is 0 Å². The molecule has 1 aromatic carbocycles. The summed E-state index contributed by atoms with van der Waals surface area (Å²) in [4.78, 5) is 30.0. The SMILES string of the molecule is CC(CC(C)C(=O)Oc1cc2c(cc1C1CC1)-c1ccncc1CN2C)NC(=O)O. The Morgan fingerprint density at radius 3 is 2.77 bits per heavy atom. The van der Waals surface area contributed by atoms with Crippen LogP contribution < -0.4 is 15.0 Å². The van der Waals surface area contributed by atoms with Gasteiger partial charge in [0.1, 0.15) is 5.75 Å². The van der Waals surface area contributed by atoms with E-state index in [-0.39, 0.29) is 12.0 Å². The minimum absolute atomic E-state index is 0.326. The maximum Gasteiger partial charge on any atom is 0.404 e. The van der Waals surface area contributed by atoms with Crippen molar-refractivity contribution in [2.75, 3.05) is 11.9 Å². The third-order valence-electron chi connectivity index (χ3n) is 5.85. The van der Waals surface area contributed by atoms with Crippen LogP contribution in [-0.2, 0) is 11.3 Å². The average molecular weight is 409 g/mol. The number of ether oxygens (including phenoxy) is 1. The maximum atomic E-state index is 12.8. The van der Waals surface area contributed by atoms with Crippen molar-refractivity contribution in [3.05, 3.63) is 41.7 Å². The molecule has 4 rings (SSSR count). The van der Waals surface area contributed by atoms with E-state index in [0.29, 0.717) is 18.1 Å². The van der Waals surface area contributed by atoms with Crippen LogP contribution in [0.5, 0.6) is 5.75 Å². The van der Waals surface area contributed by atoms with E-state index < -0.39 is 12.0 Å². The number of aromatic nitrogens is 1. The van der Waals surface area contributed by atoms with Crippen LogP contribution in [0.15, 0.2) is 30.6 Å². The number of nitrogens with zero attached hydrogens (tertiary/aromatic N) is 2. The predicted octanol–water partition coefficient (Wildman–Crippen LogP) is 4.16. The normalized spacial score (nSPS) is 16.8. The molecule has 30 heavy (non-hydrogen) atoms. The van der Waals surface area contributed by atoms with Crippen molar-refractivity contribution in [2.45, 2.75) is 51.6 Å². The van der Waals surface area contributed by atoms with Crippen LogP contribution in [0.25, 0.3) is 11.1 Å². The van der Waals surface area contributed by atoms with E-state index in [1.165, 1.54) is 11.1 Å². The number of carbonyl (C=O) groups is 2. The van der Waals surface area contributed by atoms with Gasteiger partial charge in [-0.2, -0.15) is 0 Å². The van der Waals surface area contributed by atoms with Gasteiger partial charge in [0.05, 0.1) is 5.92 Å². The number of esters is 1. The van der Waals surface area contributed by atoms with Crippen molar-refractivity contribution in [3.8, 4) is 16.9 Å². The summed E-state index contributed by atoms with van der Waals surface area (Å²) >= 11 is 0. The summed E-state index contributed by atoms with van der Waals surface area (Å²) in [5, 5.41) is 11.2. The van der Waals surface area contributed by atoms with Crippen molar-refractivity contribution < 1.29 is 19.4 Å². The molecule has 7 heteroatoms. The maximum absolute atomic E-state index is 12.8. The molecule has 1 aromatic heterocycles. The molecule has 2 heterocycles. The third-order valence-corrected chi connectivity index (χ3v) is 5.85. The Hall–Kier alpha value is -3.09. The lowest BCUT2D eigenvalue weighted by molar-refractivity contribution is -0.138. The first-order valence-corrected chi connectivity index (χ1v) is 10.4. The topological polar surface area (TPSA) is 91.8 Å². The van der Waals surface area contributed by atoms with Gasteiger partial charge in [0.25, 0.3) is 0 Å². The number of carbonyl (C=O) groups excluding carboxylic acids is 1. The van der Waals surface area contributed by atoms with Crippen LogP contribution in [0.3, 0.4) is 0 Å². The molecular weight excluding hydrogens is 382 g/mol. The molecule has 0 radical (unpaired) electrons. The van der Waals surface area contributed by atoms with Gasteiger partial charge < -0.3 is 20.1 Å². The highest BCUT2D eigenvalue weighted by atomic mass is 16.5. The highest BCUT2D eigenvalue weighted by molar-refractivity contribution is 5.86. The minimum atomic E-state index is -1.09. The van der Waals surface area contributed by atoms with E-state index in [1.54, 1.807) is 13.8 Å². The summed E-state index contributed by atoms with van der Waals surface area (Å²) in [5.41, 5.74) is 5.63. The zero-order valence-corrected chi connectivity index (χ0v) is 17.5. The van der Waals surface area contributed by atoms with Gasteiger partial charge in [0, 0.05) is 49.3 Å². The average Bonchev–Trinajstić information content (AvgIpc) is 3.52. The fraction of sp³-hybridized carbons (Fsp3) is 0.435. The summed E-state index contributed by atoms with van der Waals surface area (Å²) in [6.07, 6.45) is 5.21. The van der Waals surface area contributed by atoms with Gasteiger partial charge in [-0.05, 0) is 60.9 Å². The number of pyridine rings is 1. The zero-order valence-electron chi connectivity index (χ0n) is 17.5. The van der Waals surface area contributed by atoms with Crippen LogP contribution in [0.2, 0.25) is 0 Å². The number of hydrogen-bond donors (Lipinski definition) is 2. The second-order valence-electron chi connectivity index (χ2n) is 8.48. The molecule has 1 aliphatic carbocycles. The van der Waals surface area contributed by atoms with Crippen molar-refractivity contribution in [2.24, 2.45) is 5.92 Å². The fourth-order valence-electron chi connectivity index (χ4n) is 4.18. The molecule has 158 valence electrons. The number of amides is 1. The predicted molar refractivity (Wildman–Crippen MR) is 114 cm³/mol. The minimum Gasteiger partial charge on any atom is -0.465 e. The molecule has 2 aromatic rings. The summed E-state index contributed by atoms with van der Waals surface area (Å²) in [6, 6.07) is 5.87. The first-order valence-electron chi connectivity index (χ1n) is 10.4. The zero-order chi connectivity index (χ0) is 21.4. The van der Waals surface area contributed by atoms with E-state index in [1.807, 2.05) is 31.6 Å². The number of nitrogens with one attached hydrogen (secondary N) is 1. The summed E-state index contributed by atoms with van der Waals surface area (Å²) in [7, 11) is 2.03. The molecule has 0 saturated heterocycles. The van der Waals surface area contributed by atoms with E-state index >= 15 is 0 Å². The summed E-state index contributed by atoms with van der Waals surface area (Å²) < 4.78 is 5.86. The Kier molecular flexibility index (Phi) is 5.37. The number of fused-ring (bicyclic) bond motifs is 3. The molecular formula is C23H27N3O4. The Bertz CT molecular complexity index is 986. The van der Waals surface area contributed by atoms with Crippen molar-refractivity contribution in [1.29, 1.82) is 0 Å². The Labute approximate surface area is 176 Å². The van der Waals surface area contributed by atoms with Gasteiger partial charge in [-0.3, -0.25) is 9.78 Å². The Morgan fingerprint density at radius 1 is 1.30 bits per heavy atom. The van der Waals surface area contributed by atoms with Gasteiger partial charge in [0.2, 0.25) is 0 Å². The molecule has 0 spiro atoms. The lowest BCUT2D eigenvalue weighted by Crippen LogP contribution is -2.34. The molecule has 0 bridgehead atoms. The monoisotopic (exact) mass is 409 g/mol. The van der Waals surface area contributed by atoms with Crippen LogP contribution in [-0.4, -0.2) is 35.2 Å². The van der Waals surface area contributed by atoms with Crippen molar-refractivity contribution in [1.82, 2.24) is 10.3 Å². The molecule has 1 aliphatic heterocycles. The third kappa shape index (κ3) is 4.10. The fourth-order valence-corrected chi connectivity index (χ4v) is 4.18. The van der Waals surface area contributed by atoms with E-state index in [4.69, 9.17) is 9.84 Å². The first-order chi connectivity index (χ1) is 14.3. The first kappa shape index (κ1) is 20.2. The highest BCUT2D eigenvalue weighted by Crippen LogP contribution is 2.49. The molecule has 1 amide bonds. The summed E-state index contributed by atoms with van der Waals surface area (Å²) in [6.45, 7) is 4.27. The van der Waals surface area contributed by atoms with E-state index in [0.717, 1.165) is 36.2 Å². The molecule has 2 aliphatic rings. The number of hydrogen-bond acceptors (Lipinski definition) is 5. The van der Waals surface area contributed by atoms with E-state index in [9.17, 15) is 9.59 Å². The highest BCUT2D eigenvalue weighted by Gasteiger charge is 2.32. The van der Waals surface area contributed by atoms with Gasteiger partial charge in [-0.25, -0.2) is 4.79 Å². The lowest BCUT2D eigenvalue weighted by Gasteiger charge is -2.30. The molecule has 1 saturated carbocycles. The van der Waals surface area contributed by atoms with Gasteiger partial charge in [-0.15, -0.1) is 0 Å². The quantitative estimate of drug-likeness (QED) is 0.550. The number of rotatable bonds is 6. The molecule has 2 atom stereocenters. The van der Waals surface area contributed by atoms with Gasteiger partial charge >= 0.3 is 12.1 Å². The smallest absolute Gasteiger partial charge is 0.404 e. The van der Waals surface area contributed by atoms with Crippen LogP contribution >= 0.6 is 0 Å². The van der Waals surface area contributed by atoms with Crippen LogP contribution in [0.4, 0.5) is 10.5 Å². The Morgan fingerprint density at radius 2 is 2.07 bits per heavy atom. The van der Waals surface area contributed by atoms with Gasteiger partial charge in [0.15, 0.2) is 0 Å². The van der Waals surface area contributed by atoms with Crippen molar-refractivity contribution >= 4 is 17.7 Å². The number of anilines is 1. The molecule has 2 unspecified atom stereocenters. The second-order valence-corrected chi connectivity index (χ2v) is 8.48. The molecule has 7 nitrogen and oxygen atoms in total. The largest absolute Gasteiger partial charge is 0.465 e. The lowest BCUT2D eigenvalue weighted by atomic mass is 9.92.